The van der Waals surface area contributed by atoms with Crippen LogP contribution >= 0.6 is 0 Å². The van der Waals surface area contributed by atoms with Crippen LogP contribution in [0, 0.1) is 0 Å². The predicted octanol–water partition coefficient (Wildman–Crippen LogP) is 2.48. The van der Waals surface area contributed by atoms with Gasteiger partial charge in [0, 0.05) is 18.0 Å². The highest BCUT2D eigenvalue weighted by Crippen LogP contribution is 2.23. The molecule has 0 fully saturated rings. The van der Waals surface area contributed by atoms with Crippen molar-refractivity contribution in [2.75, 3.05) is 0 Å². The molecule has 1 aromatic carbocycles. The Bertz CT molecular complexity index is 830. The topological polar surface area (TPSA) is 47.3 Å². The number of hydrogen-bond donors (Lipinski definition) is 0. The van der Waals surface area contributed by atoms with Gasteiger partial charge in [-0.2, -0.15) is 5.10 Å². The van der Waals surface area contributed by atoms with Crippen LogP contribution in [0.2, 0.25) is 0 Å². The van der Waals surface area contributed by atoms with Crippen LogP contribution in [0.15, 0.2) is 36.5 Å². The third-order valence-electron chi connectivity index (χ3n) is 3.19. The van der Waals surface area contributed by atoms with Crippen LogP contribution in [-0.2, 0) is 0 Å². The Hall–Kier alpha value is -2.49. The van der Waals surface area contributed by atoms with Crippen molar-refractivity contribution < 1.29 is 4.79 Å². The minimum absolute atomic E-state index is 0.0882. The number of nitrogens with zero attached hydrogens (tertiary/aromatic N) is 3. The average molecular weight is 235 g/mol. The molecule has 86 valence electrons. The number of benzene rings is 1. The molecule has 0 spiro atoms. The molecule has 1 aliphatic rings. The first-order valence-electron chi connectivity index (χ1n) is 5.81. The quantitative estimate of drug-likeness (QED) is 0.601. The molecule has 1 aliphatic carbocycles. The monoisotopic (exact) mass is 235 g/mol. The van der Waals surface area contributed by atoms with Gasteiger partial charge < -0.3 is 0 Å². The number of allylic oxidation sites excluding steroid dienone is 1. The molecular formula is C14H9N3O. The molecule has 0 radical (unpaired) electrons. The van der Waals surface area contributed by atoms with Crippen molar-refractivity contribution in [3.05, 3.63) is 47.8 Å². The molecule has 2 aromatic heterocycles. The summed E-state index contributed by atoms with van der Waals surface area (Å²) in [5.74, 6) is 0.0882. The minimum atomic E-state index is 0.0882. The second-order valence-electron chi connectivity index (χ2n) is 4.36. The summed E-state index contributed by atoms with van der Waals surface area (Å²) in [6, 6.07) is 7.83. The van der Waals surface area contributed by atoms with E-state index in [0.29, 0.717) is 23.3 Å². The van der Waals surface area contributed by atoms with E-state index in [2.05, 4.69) is 10.1 Å². The van der Waals surface area contributed by atoms with Crippen molar-refractivity contribution in [1.29, 1.82) is 0 Å². The fourth-order valence-corrected chi connectivity index (χ4v) is 2.35. The lowest BCUT2D eigenvalue weighted by Crippen LogP contribution is -2.03. The van der Waals surface area contributed by atoms with Gasteiger partial charge in [-0.25, -0.2) is 9.50 Å². The van der Waals surface area contributed by atoms with E-state index in [1.54, 1.807) is 4.52 Å². The summed E-state index contributed by atoms with van der Waals surface area (Å²) in [6.07, 6.45) is 6.08. The Morgan fingerprint density at radius 2 is 2.11 bits per heavy atom. The molecule has 0 aliphatic heterocycles. The molecule has 18 heavy (non-hydrogen) atoms. The summed E-state index contributed by atoms with van der Waals surface area (Å²) in [6.45, 7) is 0. The highest BCUT2D eigenvalue weighted by molar-refractivity contribution is 6.07. The Balaban J connectivity index is 2.18. The van der Waals surface area contributed by atoms with Crippen molar-refractivity contribution in [2.24, 2.45) is 0 Å². The molecule has 0 atom stereocenters. The highest BCUT2D eigenvalue weighted by atomic mass is 16.1. The number of hydrogen-bond acceptors (Lipinski definition) is 3. The molecule has 2 heterocycles. The van der Waals surface area contributed by atoms with Crippen LogP contribution in [0.25, 0.3) is 22.6 Å². The first kappa shape index (κ1) is 9.53. The third-order valence-corrected chi connectivity index (χ3v) is 3.19. The molecule has 0 amide bonds. The number of carbonyl (C=O) groups excluding carboxylic acids is 1. The zero-order chi connectivity index (χ0) is 12.1. The lowest BCUT2D eigenvalue weighted by Gasteiger charge is -2.02. The summed E-state index contributed by atoms with van der Waals surface area (Å²) in [7, 11) is 0. The number of ketones is 1. The van der Waals surface area contributed by atoms with E-state index in [4.69, 9.17) is 0 Å². The van der Waals surface area contributed by atoms with Crippen LogP contribution in [-0.4, -0.2) is 20.4 Å². The Labute approximate surface area is 103 Å². The molecule has 4 rings (SSSR count). The summed E-state index contributed by atoms with van der Waals surface area (Å²) < 4.78 is 1.69. The number of rotatable bonds is 0. The van der Waals surface area contributed by atoms with Crippen LogP contribution in [0.5, 0.6) is 0 Å². The van der Waals surface area contributed by atoms with Gasteiger partial charge in [-0.05, 0) is 12.1 Å². The standard InChI is InChI=1S/C14H9N3O/c18-12-7-3-6-11-13(12)14-15-10-5-2-1-4-9(10)8-17(14)16-11/h1-6,8H,7H2. The van der Waals surface area contributed by atoms with E-state index < -0.39 is 0 Å². The second kappa shape index (κ2) is 3.26. The zero-order valence-corrected chi connectivity index (χ0v) is 9.50. The molecule has 0 saturated heterocycles. The molecule has 0 saturated carbocycles. The van der Waals surface area contributed by atoms with Crippen LogP contribution in [0.1, 0.15) is 22.5 Å². The Kier molecular flexibility index (Phi) is 1.73. The van der Waals surface area contributed by atoms with Crippen molar-refractivity contribution in [3.63, 3.8) is 0 Å². The van der Waals surface area contributed by atoms with Gasteiger partial charge in [0.25, 0.3) is 0 Å². The fraction of sp³-hybridized carbons (Fsp3) is 0.0714. The van der Waals surface area contributed by atoms with E-state index in [-0.39, 0.29) is 5.78 Å². The fourth-order valence-electron chi connectivity index (χ4n) is 2.35. The molecule has 4 heteroatoms. The maximum atomic E-state index is 12.0. The molecule has 3 aromatic rings. The highest BCUT2D eigenvalue weighted by Gasteiger charge is 2.21. The van der Waals surface area contributed by atoms with E-state index in [9.17, 15) is 4.79 Å². The SMILES string of the molecule is O=C1CC=Cc2nn3cc4ccccc4nc3c21. The average Bonchev–Trinajstić information content (AvgIpc) is 2.74. The first-order chi connectivity index (χ1) is 8.83. The van der Waals surface area contributed by atoms with E-state index >= 15 is 0 Å². The summed E-state index contributed by atoms with van der Waals surface area (Å²) in [4.78, 5) is 16.5. The third kappa shape index (κ3) is 1.17. The van der Waals surface area contributed by atoms with Gasteiger partial charge in [0.1, 0.15) is 0 Å². The maximum Gasteiger partial charge on any atom is 0.172 e. The maximum absolute atomic E-state index is 12.0. The van der Waals surface area contributed by atoms with Crippen LogP contribution in [0.3, 0.4) is 0 Å². The van der Waals surface area contributed by atoms with Gasteiger partial charge in [-0.1, -0.05) is 24.3 Å². The number of para-hydroxylation sites is 1. The smallest absolute Gasteiger partial charge is 0.172 e. The van der Waals surface area contributed by atoms with Gasteiger partial charge in [-0.15, -0.1) is 0 Å². The largest absolute Gasteiger partial charge is 0.294 e. The van der Waals surface area contributed by atoms with Crippen LogP contribution < -0.4 is 0 Å². The molecule has 0 unspecified atom stereocenters. The Morgan fingerprint density at radius 1 is 1.22 bits per heavy atom. The van der Waals surface area contributed by atoms with E-state index in [1.807, 2.05) is 42.6 Å². The van der Waals surface area contributed by atoms with Gasteiger partial charge >= 0.3 is 0 Å². The van der Waals surface area contributed by atoms with Gasteiger partial charge in [0.2, 0.25) is 0 Å². The molecular weight excluding hydrogens is 226 g/mol. The molecule has 0 bridgehead atoms. The normalized spacial score (nSPS) is 14.3. The van der Waals surface area contributed by atoms with E-state index in [0.717, 1.165) is 10.9 Å². The molecule has 4 nitrogen and oxygen atoms in total. The zero-order valence-electron chi connectivity index (χ0n) is 9.50. The lowest BCUT2D eigenvalue weighted by atomic mass is 10.0. The van der Waals surface area contributed by atoms with Gasteiger partial charge in [-0.3, -0.25) is 4.79 Å². The van der Waals surface area contributed by atoms with Gasteiger partial charge in [0.15, 0.2) is 11.4 Å². The number of aromatic nitrogens is 3. The van der Waals surface area contributed by atoms with Crippen molar-refractivity contribution in [2.45, 2.75) is 6.42 Å². The van der Waals surface area contributed by atoms with Crippen molar-refractivity contribution in [1.82, 2.24) is 14.6 Å². The minimum Gasteiger partial charge on any atom is -0.294 e. The molecule has 0 N–H and O–H groups in total. The number of carbonyl (C=O) groups is 1. The summed E-state index contributed by atoms with van der Waals surface area (Å²) in [5, 5.41) is 5.42. The Morgan fingerprint density at radius 3 is 3.06 bits per heavy atom. The number of fused-ring (bicyclic) bond motifs is 4. The van der Waals surface area contributed by atoms with E-state index in [1.165, 1.54) is 0 Å². The lowest BCUT2D eigenvalue weighted by molar-refractivity contribution is 0.0996. The first-order valence-corrected chi connectivity index (χ1v) is 5.81. The van der Waals surface area contributed by atoms with Crippen LogP contribution in [0.4, 0.5) is 0 Å². The second-order valence-corrected chi connectivity index (χ2v) is 4.36. The number of Topliss-reactive ketones (excluding diaryl/α,β-unsaturated/α-hetero) is 1. The summed E-state index contributed by atoms with van der Waals surface area (Å²) >= 11 is 0. The summed E-state index contributed by atoms with van der Waals surface area (Å²) in [5.41, 5.74) is 2.89. The van der Waals surface area contributed by atoms with Gasteiger partial charge in [0.05, 0.1) is 16.8 Å². The predicted molar refractivity (Wildman–Crippen MR) is 68.5 cm³/mol. The van der Waals surface area contributed by atoms with Crippen molar-refractivity contribution in [3.8, 4) is 0 Å². The van der Waals surface area contributed by atoms with Crippen molar-refractivity contribution >= 4 is 28.4 Å².